The molecule has 4 N–H and O–H groups in total. The highest BCUT2D eigenvalue weighted by Gasteiger charge is 2.75. The summed E-state index contributed by atoms with van der Waals surface area (Å²) in [7, 11) is 0. The molecule has 14 unspecified atom stereocenters. The maximum absolute atomic E-state index is 12.9. The van der Waals surface area contributed by atoms with E-state index in [1.807, 2.05) is 6.92 Å². The van der Waals surface area contributed by atoms with E-state index in [9.17, 15) is 25.2 Å². The molecule has 36 heavy (non-hydrogen) atoms. The zero-order chi connectivity index (χ0) is 26.3. The van der Waals surface area contributed by atoms with E-state index in [2.05, 4.69) is 46.8 Å². The number of aliphatic hydroxyl groups is 3. The van der Waals surface area contributed by atoms with Gasteiger partial charge in [-0.25, -0.2) is 0 Å². The lowest BCUT2D eigenvalue weighted by Gasteiger charge is -2.72. The van der Waals surface area contributed by atoms with Crippen LogP contribution < -0.4 is 0 Å². The number of aliphatic carboxylic acids is 1. The Labute approximate surface area is 215 Å². The van der Waals surface area contributed by atoms with E-state index in [0.717, 1.165) is 19.3 Å². The fourth-order valence-electron chi connectivity index (χ4n) is 11.6. The second-order valence-electron chi connectivity index (χ2n) is 15.1. The molecule has 4 saturated carbocycles. The Hall–Kier alpha value is -0.950. The van der Waals surface area contributed by atoms with E-state index in [-0.39, 0.29) is 51.9 Å². The minimum absolute atomic E-state index is 0.00400. The minimum atomic E-state index is -1.06. The number of hydrogen-bond acceptors (Lipinski definition) is 5. The van der Waals surface area contributed by atoms with Crippen molar-refractivity contribution in [1.29, 1.82) is 0 Å². The highest BCUT2D eigenvalue weighted by Crippen LogP contribution is 2.77. The average molecular weight is 503 g/mol. The van der Waals surface area contributed by atoms with Crippen molar-refractivity contribution in [3.05, 3.63) is 12.2 Å². The van der Waals surface area contributed by atoms with E-state index in [4.69, 9.17) is 4.74 Å². The van der Waals surface area contributed by atoms with E-state index >= 15 is 0 Å². The second kappa shape index (κ2) is 7.16. The van der Waals surface area contributed by atoms with Crippen molar-refractivity contribution in [2.75, 3.05) is 6.61 Å². The molecule has 0 spiro atoms. The zero-order valence-corrected chi connectivity index (χ0v) is 22.8. The number of carboxylic acid groups (broad SMARTS) is 1. The van der Waals surface area contributed by atoms with Gasteiger partial charge in [-0.2, -0.15) is 0 Å². The van der Waals surface area contributed by atoms with Gasteiger partial charge >= 0.3 is 5.97 Å². The molecular weight excluding hydrogens is 456 g/mol. The average Bonchev–Trinajstić information content (AvgIpc) is 3.13. The predicted molar refractivity (Wildman–Crippen MR) is 135 cm³/mol. The quantitative estimate of drug-likeness (QED) is 0.404. The Kier molecular flexibility index (Phi) is 5.04. The summed E-state index contributed by atoms with van der Waals surface area (Å²) in [6.45, 7) is 13.5. The smallest absolute Gasteiger partial charge is 0.310 e. The summed E-state index contributed by atoms with van der Waals surface area (Å²) in [5, 5.41) is 44.6. The molecular formula is C30H46O6. The van der Waals surface area contributed by atoms with Crippen LogP contribution in [0.5, 0.6) is 0 Å². The van der Waals surface area contributed by atoms with Crippen molar-refractivity contribution in [3.8, 4) is 0 Å². The van der Waals surface area contributed by atoms with Gasteiger partial charge in [-0.3, -0.25) is 4.79 Å². The normalized spacial score (nSPS) is 63.6. The fourth-order valence-corrected chi connectivity index (χ4v) is 11.6. The van der Waals surface area contributed by atoms with Gasteiger partial charge in [0.15, 0.2) is 0 Å². The molecule has 6 aliphatic rings. The summed E-state index contributed by atoms with van der Waals surface area (Å²) in [6, 6.07) is 0. The van der Waals surface area contributed by atoms with E-state index in [1.54, 1.807) is 0 Å². The number of allylic oxidation sites excluding steroid dienone is 2. The molecule has 5 aliphatic carbocycles. The first-order chi connectivity index (χ1) is 16.6. The lowest BCUT2D eigenvalue weighted by molar-refractivity contribution is -0.258. The van der Waals surface area contributed by atoms with Crippen molar-refractivity contribution < 1.29 is 30.0 Å². The Bertz CT molecular complexity index is 1010. The molecule has 0 aromatic heterocycles. The van der Waals surface area contributed by atoms with Crippen LogP contribution in [0, 0.1) is 56.7 Å². The largest absolute Gasteiger partial charge is 0.481 e. The van der Waals surface area contributed by atoms with Crippen molar-refractivity contribution in [3.63, 3.8) is 0 Å². The van der Waals surface area contributed by atoms with Crippen molar-refractivity contribution in [2.24, 2.45) is 56.7 Å². The molecule has 5 fully saturated rings. The number of carboxylic acids is 1. The molecule has 0 bridgehead atoms. The number of fused-ring (bicyclic) bond motifs is 6. The van der Waals surface area contributed by atoms with Gasteiger partial charge in [-0.1, -0.05) is 46.8 Å². The van der Waals surface area contributed by atoms with Crippen LogP contribution in [0.3, 0.4) is 0 Å². The number of ether oxygens (including phenoxy) is 1. The summed E-state index contributed by atoms with van der Waals surface area (Å²) in [5.41, 5.74) is -3.08. The van der Waals surface area contributed by atoms with Gasteiger partial charge in [0.2, 0.25) is 0 Å². The molecule has 1 aliphatic heterocycles. The lowest BCUT2D eigenvalue weighted by atomic mass is 9.32. The zero-order valence-electron chi connectivity index (χ0n) is 22.8. The van der Waals surface area contributed by atoms with Crippen LogP contribution in [0.2, 0.25) is 0 Å². The topological polar surface area (TPSA) is 107 Å². The highest BCUT2D eigenvalue weighted by molar-refractivity contribution is 5.76. The molecule has 0 amide bonds. The maximum Gasteiger partial charge on any atom is 0.310 e. The van der Waals surface area contributed by atoms with Gasteiger partial charge in [-0.15, -0.1) is 0 Å². The first-order valence-corrected chi connectivity index (χ1v) is 14.2. The Morgan fingerprint density at radius 2 is 1.61 bits per heavy atom. The molecule has 14 atom stereocenters. The van der Waals surface area contributed by atoms with Gasteiger partial charge in [0.1, 0.15) is 0 Å². The van der Waals surface area contributed by atoms with Crippen LogP contribution in [-0.4, -0.2) is 56.9 Å². The molecule has 6 rings (SSSR count). The van der Waals surface area contributed by atoms with Gasteiger partial charge in [0.05, 0.1) is 35.9 Å². The summed E-state index contributed by atoms with van der Waals surface area (Å²) < 4.78 is 6.48. The number of carbonyl (C=O) groups is 1. The monoisotopic (exact) mass is 502 g/mol. The third kappa shape index (κ3) is 2.61. The summed E-state index contributed by atoms with van der Waals surface area (Å²) in [4.78, 5) is 12.9. The third-order valence-electron chi connectivity index (χ3n) is 13.8. The van der Waals surface area contributed by atoms with Crippen LogP contribution in [-0.2, 0) is 9.53 Å². The van der Waals surface area contributed by atoms with Crippen LogP contribution >= 0.6 is 0 Å². The Morgan fingerprint density at radius 3 is 2.28 bits per heavy atom. The fraction of sp³-hybridized carbons (Fsp3) is 0.900. The molecule has 0 aromatic carbocycles. The SMILES string of the molecule is CC1CCC2(C(=O)O)CCC3(C)C(C=CC4C5(C)CC(O)C(O)C6(C)COC(CC43C)C65)C2C1(C)O. The first-order valence-electron chi connectivity index (χ1n) is 14.2. The molecule has 6 heteroatoms. The van der Waals surface area contributed by atoms with Gasteiger partial charge in [-0.05, 0) is 79.4 Å². The van der Waals surface area contributed by atoms with Gasteiger partial charge in [0.25, 0.3) is 0 Å². The lowest BCUT2D eigenvalue weighted by Crippen LogP contribution is -2.71. The maximum atomic E-state index is 12.9. The number of aliphatic hydroxyl groups excluding tert-OH is 2. The Balaban J connectivity index is 1.51. The van der Waals surface area contributed by atoms with Crippen molar-refractivity contribution in [1.82, 2.24) is 0 Å². The molecule has 1 saturated heterocycles. The predicted octanol–water partition coefficient (Wildman–Crippen LogP) is 4.02. The first kappa shape index (κ1) is 25.3. The van der Waals surface area contributed by atoms with E-state index in [0.29, 0.717) is 25.9 Å². The van der Waals surface area contributed by atoms with E-state index < -0.39 is 34.6 Å². The third-order valence-corrected chi connectivity index (χ3v) is 13.8. The van der Waals surface area contributed by atoms with Crippen LogP contribution in [0.15, 0.2) is 12.2 Å². The van der Waals surface area contributed by atoms with Gasteiger partial charge < -0.3 is 25.2 Å². The van der Waals surface area contributed by atoms with Crippen LogP contribution in [0.25, 0.3) is 0 Å². The molecule has 0 aromatic rings. The van der Waals surface area contributed by atoms with Crippen LogP contribution in [0.4, 0.5) is 0 Å². The standard InChI is InChI=1S/C30H46O6/c1-16-9-10-30(24(33)34)12-11-27(4)17(21(30)29(16,6)35)7-8-20-25(2)13-18(31)23(32)26(3)15-36-19(22(25)26)14-28(20,27)5/h7-8,16-23,31-32,35H,9-15H2,1-6H3,(H,33,34). The molecule has 1 heterocycles. The number of rotatable bonds is 1. The summed E-state index contributed by atoms with van der Waals surface area (Å²) in [6.07, 6.45) is 7.18. The highest BCUT2D eigenvalue weighted by atomic mass is 16.5. The molecule has 6 nitrogen and oxygen atoms in total. The van der Waals surface area contributed by atoms with Crippen LogP contribution in [0.1, 0.15) is 80.1 Å². The summed E-state index contributed by atoms with van der Waals surface area (Å²) in [5.74, 6) is -0.771. The minimum Gasteiger partial charge on any atom is -0.481 e. The second-order valence-corrected chi connectivity index (χ2v) is 15.1. The molecule has 202 valence electrons. The Morgan fingerprint density at radius 1 is 0.917 bits per heavy atom. The summed E-state index contributed by atoms with van der Waals surface area (Å²) >= 11 is 0. The van der Waals surface area contributed by atoms with Crippen molar-refractivity contribution in [2.45, 2.75) is 104 Å². The van der Waals surface area contributed by atoms with Gasteiger partial charge in [0, 0.05) is 17.3 Å². The van der Waals surface area contributed by atoms with E-state index in [1.165, 1.54) is 0 Å². The number of hydrogen-bond donors (Lipinski definition) is 4. The van der Waals surface area contributed by atoms with Crippen molar-refractivity contribution >= 4 is 5.97 Å². The molecule has 0 radical (unpaired) electrons.